The van der Waals surface area contributed by atoms with Crippen molar-refractivity contribution in [2.24, 2.45) is 0 Å². The molecule has 0 saturated carbocycles. The SMILES string of the molecule is O=C(c1ccc2ccccc2c1)N1CCN(S(=O)(=O)c2cccc(Cl)c2Cl)CC1. The van der Waals surface area contributed by atoms with Gasteiger partial charge in [-0.3, -0.25) is 4.79 Å². The van der Waals surface area contributed by atoms with Crippen LogP contribution < -0.4 is 0 Å². The normalized spacial score (nSPS) is 15.6. The number of hydrogen-bond donors (Lipinski definition) is 0. The lowest BCUT2D eigenvalue weighted by atomic mass is 10.1. The van der Waals surface area contributed by atoms with Gasteiger partial charge in [0, 0.05) is 31.7 Å². The summed E-state index contributed by atoms with van der Waals surface area (Å²) in [5.74, 6) is -0.103. The predicted molar refractivity (Wildman–Crippen MR) is 115 cm³/mol. The Balaban J connectivity index is 1.50. The number of sulfonamides is 1. The zero-order chi connectivity index (χ0) is 20.6. The van der Waals surface area contributed by atoms with Crippen molar-refractivity contribution in [1.82, 2.24) is 9.21 Å². The van der Waals surface area contributed by atoms with Crippen molar-refractivity contribution in [1.29, 1.82) is 0 Å². The quantitative estimate of drug-likeness (QED) is 0.600. The van der Waals surface area contributed by atoms with Gasteiger partial charge >= 0.3 is 0 Å². The highest BCUT2D eigenvalue weighted by molar-refractivity contribution is 7.89. The monoisotopic (exact) mass is 448 g/mol. The van der Waals surface area contributed by atoms with E-state index in [-0.39, 0.29) is 33.9 Å². The van der Waals surface area contributed by atoms with Crippen molar-refractivity contribution >= 4 is 49.9 Å². The molecule has 3 aromatic rings. The second kappa shape index (κ2) is 7.95. The molecule has 1 fully saturated rings. The molecule has 0 aromatic heterocycles. The number of fused-ring (bicyclic) bond motifs is 1. The summed E-state index contributed by atoms with van der Waals surface area (Å²) in [6.07, 6.45) is 0. The van der Waals surface area contributed by atoms with E-state index in [1.54, 1.807) is 23.1 Å². The highest BCUT2D eigenvalue weighted by Gasteiger charge is 2.32. The molecular formula is C21H18Cl2N2O3S. The summed E-state index contributed by atoms with van der Waals surface area (Å²) >= 11 is 12.1. The Morgan fingerprint density at radius 1 is 0.828 bits per heavy atom. The largest absolute Gasteiger partial charge is 0.336 e. The molecule has 0 radical (unpaired) electrons. The number of carbonyl (C=O) groups excluding carboxylic acids is 1. The first-order valence-corrected chi connectivity index (χ1v) is 11.3. The maximum absolute atomic E-state index is 12.9. The van der Waals surface area contributed by atoms with Crippen LogP contribution in [0.5, 0.6) is 0 Å². The van der Waals surface area contributed by atoms with Crippen LogP contribution in [-0.4, -0.2) is 49.7 Å². The Morgan fingerprint density at radius 2 is 1.52 bits per heavy atom. The van der Waals surface area contributed by atoms with E-state index < -0.39 is 10.0 Å². The van der Waals surface area contributed by atoms with Gasteiger partial charge in [0.25, 0.3) is 5.91 Å². The molecule has 1 amide bonds. The Bertz CT molecular complexity index is 1190. The van der Waals surface area contributed by atoms with Crippen LogP contribution in [0, 0.1) is 0 Å². The number of rotatable bonds is 3. The molecule has 1 aliphatic rings. The van der Waals surface area contributed by atoms with Crippen LogP contribution in [0.2, 0.25) is 10.0 Å². The molecule has 1 saturated heterocycles. The molecule has 4 rings (SSSR count). The predicted octanol–water partition coefficient (Wildman–Crippen LogP) is 4.29. The topological polar surface area (TPSA) is 57.7 Å². The summed E-state index contributed by atoms with van der Waals surface area (Å²) in [5, 5.41) is 2.27. The Labute approximate surface area is 179 Å². The fourth-order valence-electron chi connectivity index (χ4n) is 3.46. The molecule has 0 atom stereocenters. The van der Waals surface area contributed by atoms with Crippen molar-refractivity contribution in [3.8, 4) is 0 Å². The van der Waals surface area contributed by atoms with E-state index in [0.717, 1.165) is 10.8 Å². The third-order valence-corrected chi connectivity index (χ3v) is 7.93. The van der Waals surface area contributed by atoms with Gasteiger partial charge in [0.1, 0.15) is 4.90 Å². The summed E-state index contributed by atoms with van der Waals surface area (Å²) < 4.78 is 27.2. The van der Waals surface area contributed by atoms with Crippen molar-refractivity contribution in [3.05, 3.63) is 76.3 Å². The van der Waals surface area contributed by atoms with Gasteiger partial charge in [-0.25, -0.2) is 8.42 Å². The van der Waals surface area contributed by atoms with E-state index in [4.69, 9.17) is 23.2 Å². The Hall–Kier alpha value is -2.12. The van der Waals surface area contributed by atoms with E-state index >= 15 is 0 Å². The molecule has 0 spiro atoms. The van der Waals surface area contributed by atoms with Gasteiger partial charge < -0.3 is 4.90 Å². The molecule has 1 heterocycles. The minimum Gasteiger partial charge on any atom is -0.336 e. The van der Waals surface area contributed by atoms with E-state index in [0.29, 0.717) is 18.7 Å². The van der Waals surface area contributed by atoms with Gasteiger partial charge in [-0.05, 0) is 35.0 Å². The van der Waals surface area contributed by atoms with Crippen LogP contribution in [0.3, 0.4) is 0 Å². The minimum absolute atomic E-state index is 0.0130. The number of amides is 1. The first kappa shape index (κ1) is 20.2. The molecule has 5 nitrogen and oxygen atoms in total. The zero-order valence-electron chi connectivity index (χ0n) is 15.4. The number of benzene rings is 3. The second-order valence-electron chi connectivity index (χ2n) is 6.81. The van der Waals surface area contributed by atoms with E-state index in [1.165, 1.54) is 10.4 Å². The van der Waals surface area contributed by atoms with E-state index in [9.17, 15) is 13.2 Å². The first-order chi connectivity index (χ1) is 13.9. The van der Waals surface area contributed by atoms with Crippen molar-refractivity contribution in [2.75, 3.05) is 26.2 Å². The van der Waals surface area contributed by atoms with Crippen LogP contribution in [0.15, 0.2) is 65.6 Å². The second-order valence-corrected chi connectivity index (χ2v) is 9.50. The van der Waals surface area contributed by atoms with E-state index in [2.05, 4.69) is 0 Å². The molecule has 0 N–H and O–H groups in total. The first-order valence-electron chi connectivity index (χ1n) is 9.10. The molecule has 3 aromatic carbocycles. The Morgan fingerprint density at radius 3 is 2.24 bits per heavy atom. The van der Waals surface area contributed by atoms with Crippen molar-refractivity contribution in [3.63, 3.8) is 0 Å². The van der Waals surface area contributed by atoms with Gasteiger partial charge in [-0.15, -0.1) is 0 Å². The van der Waals surface area contributed by atoms with Crippen molar-refractivity contribution in [2.45, 2.75) is 4.90 Å². The van der Waals surface area contributed by atoms with Gasteiger partial charge in [-0.2, -0.15) is 4.31 Å². The fraction of sp³-hybridized carbons (Fsp3) is 0.190. The van der Waals surface area contributed by atoms with Crippen LogP contribution in [0.1, 0.15) is 10.4 Å². The van der Waals surface area contributed by atoms with Gasteiger partial charge in [-0.1, -0.05) is 59.6 Å². The lowest BCUT2D eigenvalue weighted by molar-refractivity contribution is 0.0698. The standard InChI is InChI=1S/C21H18Cl2N2O3S/c22-18-6-3-7-19(20(18)23)29(27,28)25-12-10-24(11-13-25)21(26)17-9-8-15-4-1-2-5-16(15)14-17/h1-9,14H,10-13H2. The van der Waals surface area contributed by atoms with Crippen LogP contribution in [0.25, 0.3) is 10.8 Å². The molecule has 0 bridgehead atoms. The minimum atomic E-state index is -3.78. The number of nitrogens with zero attached hydrogens (tertiary/aromatic N) is 2. The number of halogens is 2. The highest BCUT2D eigenvalue weighted by atomic mass is 35.5. The molecular weight excluding hydrogens is 431 g/mol. The highest BCUT2D eigenvalue weighted by Crippen LogP contribution is 2.31. The maximum atomic E-state index is 12.9. The fourth-order valence-corrected chi connectivity index (χ4v) is 5.62. The lowest BCUT2D eigenvalue weighted by Gasteiger charge is -2.34. The van der Waals surface area contributed by atoms with Gasteiger partial charge in [0.2, 0.25) is 10.0 Å². The van der Waals surface area contributed by atoms with Gasteiger partial charge in [0.15, 0.2) is 0 Å². The zero-order valence-corrected chi connectivity index (χ0v) is 17.7. The lowest BCUT2D eigenvalue weighted by Crippen LogP contribution is -2.50. The molecule has 29 heavy (non-hydrogen) atoms. The third-order valence-electron chi connectivity index (χ3n) is 5.06. The molecule has 0 unspecified atom stereocenters. The van der Waals surface area contributed by atoms with Crippen LogP contribution in [-0.2, 0) is 10.0 Å². The molecule has 150 valence electrons. The van der Waals surface area contributed by atoms with Crippen molar-refractivity contribution < 1.29 is 13.2 Å². The Kier molecular flexibility index (Phi) is 5.53. The average molecular weight is 449 g/mol. The molecule has 0 aliphatic carbocycles. The average Bonchev–Trinajstić information content (AvgIpc) is 2.74. The summed E-state index contributed by atoms with van der Waals surface area (Å²) in [4.78, 5) is 14.6. The van der Waals surface area contributed by atoms with Gasteiger partial charge in [0.05, 0.1) is 10.0 Å². The number of hydrogen-bond acceptors (Lipinski definition) is 3. The number of carbonyl (C=O) groups is 1. The molecule has 1 aliphatic heterocycles. The molecule has 8 heteroatoms. The maximum Gasteiger partial charge on any atom is 0.253 e. The van der Waals surface area contributed by atoms with Crippen LogP contribution >= 0.6 is 23.2 Å². The summed E-state index contributed by atoms with van der Waals surface area (Å²) in [5.41, 5.74) is 0.595. The summed E-state index contributed by atoms with van der Waals surface area (Å²) in [6.45, 7) is 1.02. The smallest absolute Gasteiger partial charge is 0.253 e. The third kappa shape index (κ3) is 3.85. The van der Waals surface area contributed by atoms with Crippen LogP contribution in [0.4, 0.5) is 0 Å². The van der Waals surface area contributed by atoms with E-state index in [1.807, 2.05) is 36.4 Å². The summed E-state index contributed by atoms with van der Waals surface area (Å²) in [6, 6.07) is 18.0. The number of piperazine rings is 1. The summed E-state index contributed by atoms with van der Waals surface area (Å²) in [7, 11) is -3.78.